The van der Waals surface area contributed by atoms with Gasteiger partial charge in [0.05, 0.1) is 5.02 Å². The molecule has 1 saturated heterocycles. The SMILES string of the molecule is Fc1ccc(CN2CCCCCC2CBr)cc1Cl. The normalized spacial score (nSPS) is 21.8. The topological polar surface area (TPSA) is 3.24 Å². The molecule has 1 aromatic carbocycles. The first-order valence-corrected chi connectivity index (χ1v) is 7.94. The summed E-state index contributed by atoms with van der Waals surface area (Å²) in [5, 5.41) is 1.22. The van der Waals surface area contributed by atoms with Crippen LogP contribution >= 0.6 is 27.5 Å². The van der Waals surface area contributed by atoms with Crippen molar-refractivity contribution in [3.05, 3.63) is 34.6 Å². The Bertz CT molecular complexity index is 399. The standard InChI is InChI=1S/C14H18BrClFN/c15-9-12-4-2-1-3-7-18(12)10-11-5-6-14(17)13(16)8-11/h5-6,8,12H,1-4,7,9-10H2. The zero-order valence-corrected chi connectivity index (χ0v) is 12.7. The van der Waals surface area contributed by atoms with Crippen molar-refractivity contribution in [2.45, 2.75) is 38.3 Å². The molecule has 1 unspecified atom stereocenters. The highest BCUT2D eigenvalue weighted by molar-refractivity contribution is 9.09. The highest BCUT2D eigenvalue weighted by Crippen LogP contribution is 2.22. The monoisotopic (exact) mass is 333 g/mol. The van der Waals surface area contributed by atoms with Crippen LogP contribution in [0.1, 0.15) is 31.2 Å². The average Bonchev–Trinajstić information content (AvgIpc) is 2.59. The summed E-state index contributed by atoms with van der Waals surface area (Å²) in [7, 11) is 0. The van der Waals surface area contributed by atoms with Gasteiger partial charge in [0.2, 0.25) is 0 Å². The van der Waals surface area contributed by atoms with Gasteiger partial charge in [-0.3, -0.25) is 4.90 Å². The van der Waals surface area contributed by atoms with Crippen molar-refractivity contribution < 1.29 is 4.39 Å². The van der Waals surface area contributed by atoms with E-state index < -0.39 is 0 Å². The lowest BCUT2D eigenvalue weighted by Gasteiger charge is -2.28. The minimum atomic E-state index is -0.340. The molecule has 0 bridgehead atoms. The van der Waals surface area contributed by atoms with Crippen LogP contribution < -0.4 is 0 Å². The van der Waals surface area contributed by atoms with Crippen LogP contribution in [-0.4, -0.2) is 22.8 Å². The van der Waals surface area contributed by atoms with Crippen molar-refractivity contribution in [2.24, 2.45) is 0 Å². The molecule has 18 heavy (non-hydrogen) atoms. The molecule has 1 nitrogen and oxygen atoms in total. The Morgan fingerprint density at radius 3 is 2.89 bits per heavy atom. The molecule has 1 aliphatic heterocycles. The molecule has 1 aliphatic rings. The fraction of sp³-hybridized carbons (Fsp3) is 0.571. The number of nitrogens with zero attached hydrogens (tertiary/aromatic N) is 1. The van der Waals surface area contributed by atoms with E-state index >= 15 is 0 Å². The number of alkyl halides is 1. The molecule has 100 valence electrons. The zero-order chi connectivity index (χ0) is 13.0. The number of likely N-dealkylation sites (tertiary alicyclic amines) is 1. The molecule has 0 saturated carbocycles. The zero-order valence-electron chi connectivity index (χ0n) is 10.3. The van der Waals surface area contributed by atoms with Gasteiger partial charge < -0.3 is 0 Å². The van der Waals surface area contributed by atoms with E-state index in [0.717, 1.165) is 24.0 Å². The first kappa shape index (κ1) is 14.3. The largest absolute Gasteiger partial charge is 0.295 e. The Balaban J connectivity index is 2.07. The van der Waals surface area contributed by atoms with E-state index in [0.29, 0.717) is 6.04 Å². The van der Waals surface area contributed by atoms with E-state index in [1.807, 2.05) is 6.07 Å². The van der Waals surface area contributed by atoms with Gasteiger partial charge in [-0.2, -0.15) is 0 Å². The Labute approximate surface area is 121 Å². The van der Waals surface area contributed by atoms with Crippen molar-refractivity contribution in [1.82, 2.24) is 4.90 Å². The van der Waals surface area contributed by atoms with E-state index in [1.54, 1.807) is 6.07 Å². The lowest BCUT2D eigenvalue weighted by molar-refractivity contribution is 0.209. The minimum Gasteiger partial charge on any atom is -0.295 e. The quantitative estimate of drug-likeness (QED) is 0.729. The van der Waals surface area contributed by atoms with Crippen LogP contribution in [0.15, 0.2) is 18.2 Å². The molecule has 2 rings (SSSR count). The fourth-order valence-electron chi connectivity index (χ4n) is 2.49. The molecule has 0 N–H and O–H groups in total. The van der Waals surface area contributed by atoms with Crippen LogP contribution in [-0.2, 0) is 6.54 Å². The second-order valence-electron chi connectivity index (χ2n) is 4.88. The maximum atomic E-state index is 13.1. The van der Waals surface area contributed by atoms with Crippen molar-refractivity contribution in [3.63, 3.8) is 0 Å². The summed E-state index contributed by atoms with van der Waals surface area (Å²) in [6, 6.07) is 5.61. The summed E-state index contributed by atoms with van der Waals surface area (Å²) in [5.74, 6) is -0.340. The summed E-state index contributed by atoms with van der Waals surface area (Å²) in [6.07, 6.45) is 5.10. The summed E-state index contributed by atoms with van der Waals surface area (Å²) in [4.78, 5) is 2.48. The third-order valence-corrected chi connectivity index (χ3v) is 4.58. The van der Waals surface area contributed by atoms with Crippen LogP contribution in [0.5, 0.6) is 0 Å². The highest BCUT2D eigenvalue weighted by atomic mass is 79.9. The van der Waals surface area contributed by atoms with Gasteiger partial charge in [0.15, 0.2) is 0 Å². The van der Waals surface area contributed by atoms with Crippen molar-refractivity contribution >= 4 is 27.5 Å². The van der Waals surface area contributed by atoms with E-state index in [2.05, 4.69) is 20.8 Å². The van der Waals surface area contributed by atoms with Crippen molar-refractivity contribution in [1.29, 1.82) is 0 Å². The van der Waals surface area contributed by atoms with E-state index in [4.69, 9.17) is 11.6 Å². The molecule has 0 aromatic heterocycles. The van der Waals surface area contributed by atoms with Gasteiger partial charge in [-0.1, -0.05) is 46.4 Å². The summed E-state index contributed by atoms with van der Waals surface area (Å²) in [6.45, 7) is 1.97. The van der Waals surface area contributed by atoms with Gasteiger partial charge in [0.1, 0.15) is 5.82 Å². The predicted octanol–water partition coefficient (Wildman–Crippen LogP) is 4.62. The third kappa shape index (κ3) is 3.69. The maximum Gasteiger partial charge on any atom is 0.141 e. The molecule has 1 atom stereocenters. The van der Waals surface area contributed by atoms with Gasteiger partial charge in [-0.05, 0) is 37.1 Å². The second-order valence-corrected chi connectivity index (χ2v) is 5.93. The van der Waals surface area contributed by atoms with Crippen molar-refractivity contribution in [3.8, 4) is 0 Å². The van der Waals surface area contributed by atoms with Crippen molar-refractivity contribution in [2.75, 3.05) is 11.9 Å². The average molecular weight is 335 g/mol. The van der Waals surface area contributed by atoms with E-state index in [-0.39, 0.29) is 10.8 Å². The molecule has 1 heterocycles. The van der Waals surface area contributed by atoms with Crippen LogP contribution in [0.3, 0.4) is 0 Å². The molecule has 0 amide bonds. The minimum absolute atomic E-state index is 0.220. The smallest absolute Gasteiger partial charge is 0.141 e. The van der Waals surface area contributed by atoms with Gasteiger partial charge in [0, 0.05) is 17.9 Å². The number of benzene rings is 1. The van der Waals surface area contributed by atoms with Gasteiger partial charge >= 0.3 is 0 Å². The van der Waals surface area contributed by atoms with Gasteiger partial charge in [-0.15, -0.1) is 0 Å². The lowest BCUT2D eigenvalue weighted by Crippen LogP contribution is -2.35. The Morgan fingerprint density at radius 2 is 2.17 bits per heavy atom. The molecular weight excluding hydrogens is 317 g/mol. The number of rotatable bonds is 3. The van der Waals surface area contributed by atoms with E-state index in [9.17, 15) is 4.39 Å². The molecule has 0 radical (unpaired) electrons. The number of halogens is 3. The van der Waals surface area contributed by atoms with E-state index in [1.165, 1.54) is 31.7 Å². The van der Waals surface area contributed by atoms with Crippen LogP contribution in [0, 0.1) is 5.82 Å². The first-order chi connectivity index (χ1) is 8.70. The van der Waals surface area contributed by atoms with Gasteiger partial charge in [-0.25, -0.2) is 4.39 Å². The molecule has 4 heteroatoms. The first-order valence-electron chi connectivity index (χ1n) is 6.44. The molecular formula is C14H18BrClFN. The second kappa shape index (κ2) is 6.88. The van der Waals surface area contributed by atoms with Gasteiger partial charge in [0.25, 0.3) is 0 Å². The molecule has 1 fully saturated rings. The molecule has 1 aromatic rings. The molecule has 0 spiro atoms. The summed E-state index contributed by atoms with van der Waals surface area (Å²) in [5.41, 5.74) is 1.09. The van der Waals surface area contributed by atoms with Crippen LogP contribution in [0.2, 0.25) is 5.02 Å². The summed E-state index contributed by atoms with van der Waals surface area (Å²) < 4.78 is 13.1. The lowest BCUT2D eigenvalue weighted by atomic mass is 10.1. The highest BCUT2D eigenvalue weighted by Gasteiger charge is 2.20. The Hall–Kier alpha value is -0.120. The number of hydrogen-bond acceptors (Lipinski definition) is 1. The van der Waals surface area contributed by atoms with Crippen LogP contribution in [0.4, 0.5) is 4.39 Å². The predicted molar refractivity (Wildman–Crippen MR) is 77.9 cm³/mol. The number of hydrogen-bond donors (Lipinski definition) is 0. The third-order valence-electron chi connectivity index (χ3n) is 3.55. The Morgan fingerprint density at radius 1 is 1.33 bits per heavy atom. The maximum absolute atomic E-state index is 13.1. The van der Waals surface area contributed by atoms with Crippen LogP contribution in [0.25, 0.3) is 0 Å². The summed E-state index contributed by atoms with van der Waals surface area (Å²) >= 11 is 9.43. The fourth-order valence-corrected chi connectivity index (χ4v) is 3.43. The molecule has 0 aliphatic carbocycles. The Kier molecular flexibility index (Phi) is 5.46.